The van der Waals surface area contributed by atoms with Crippen LogP contribution in [0.1, 0.15) is 0 Å². The highest BCUT2D eigenvalue weighted by atomic mass is 16.3. The Kier molecular flexibility index (Phi) is 7.53. The zero-order valence-electron chi connectivity index (χ0n) is 27.4. The van der Waals surface area contributed by atoms with Gasteiger partial charge in [0.25, 0.3) is 0 Å². The topological polar surface area (TPSA) is 16.4 Å². The Morgan fingerprint density at radius 3 is 1.54 bits per heavy atom. The minimum atomic E-state index is 0.870. The molecule has 9 aromatic rings. The number of furan rings is 1. The molecule has 2 nitrogen and oxygen atoms in total. The molecule has 0 saturated carbocycles. The third-order valence-corrected chi connectivity index (χ3v) is 9.51. The molecule has 0 radical (unpaired) electrons. The summed E-state index contributed by atoms with van der Waals surface area (Å²) in [5, 5.41) is 2.17. The van der Waals surface area contributed by atoms with Gasteiger partial charge in [-0.3, -0.25) is 0 Å². The average Bonchev–Trinajstić information content (AvgIpc) is 3.60. The summed E-state index contributed by atoms with van der Waals surface area (Å²) >= 11 is 0. The Morgan fingerprint density at radius 2 is 0.840 bits per heavy atom. The van der Waals surface area contributed by atoms with Crippen LogP contribution in [0.25, 0.3) is 66.4 Å². The second-order valence-corrected chi connectivity index (χ2v) is 12.5. The lowest BCUT2D eigenvalue weighted by Crippen LogP contribution is -2.12. The zero-order chi connectivity index (χ0) is 33.3. The summed E-state index contributed by atoms with van der Waals surface area (Å²) in [4.78, 5) is 2.41. The maximum Gasteiger partial charge on any atom is 0.145 e. The molecule has 0 unspecified atom stereocenters. The number of hydrogen-bond acceptors (Lipinski definition) is 2. The van der Waals surface area contributed by atoms with Crippen LogP contribution in [0.2, 0.25) is 0 Å². The van der Waals surface area contributed by atoms with Gasteiger partial charge in [0.15, 0.2) is 0 Å². The van der Waals surface area contributed by atoms with Crippen molar-refractivity contribution in [3.05, 3.63) is 200 Å². The van der Waals surface area contributed by atoms with Crippen molar-refractivity contribution >= 4 is 39.0 Å². The predicted molar refractivity (Wildman–Crippen MR) is 210 cm³/mol. The largest absolute Gasteiger partial charge is 0.455 e. The van der Waals surface area contributed by atoms with E-state index in [9.17, 15) is 0 Å². The first-order valence-corrected chi connectivity index (χ1v) is 17.0. The number of anilines is 3. The van der Waals surface area contributed by atoms with E-state index in [0.717, 1.165) is 55.7 Å². The molecule has 0 bridgehead atoms. The van der Waals surface area contributed by atoms with Crippen molar-refractivity contribution in [3.8, 4) is 44.5 Å². The third kappa shape index (κ3) is 5.24. The van der Waals surface area contributed by atoms with Crippen LogP contribution in [-0.2, 0) is 0 Å². The molecule has 1 aromatic heterocycles. The molecule has 0 saturated heterocycles. The van der Waals surface area contributed by atoms with Crippen LogP contribution in [0, 0.1) is 0 Å². The van der Waals surface area contributed by atoms with Gasteiger partial charge < -0.3 is 9.32 Å². The first-order valence-electron chi connectivity index (χ1n) is 17.0. The minimum Gasteiger partial charge on any atom is -0.455 e. The molecule has 0 aliphatic heterocycles. The summed E-state index contributed by atoms with van der Waals surface area (Å²) in [5.41, 5.74) is 14.2. The molecular weight excluding hydrogens is 607 g/mol. The normalized spacial score (nSPS) is 11.2. The average molecular weight is 640 g/mol. The molecule has 236 valence electrons. The van der Waals surface area contributed by atoms with Crippen molar-refractivity contribution < 1.29 is 4.42 Å². The van der Waals surface area contributed by atoms with E-state index in [1.807, 2.05) is 6.07 Å². The van der Waals surface area contributed by atoms with E-state index in [-0.39, 0.29) is 0 Å². The van der Waals surface area contributed by atoms with Crippen molar-refractivity contribution in [1.29, 1.82) is 0 Å². The second kappa shape index (κ2) is 12.8. The Balaban J connectivity index is 1.32. The number of hydrogen-bond donors (Lipinski definition) is 0. The standard InChI is InChI=1S/C48H33NO/c1-4-16-34(17-5-1)35-28-30-38(31-29-35)49(44-26-14-12-24-42(44)41-23-11-10-22-39(41)36-18-6-2-7-19-36)45-33-32-40(37-20-8-3-9-21-37)48-47(45)43-25-13-15-27-46(43)50-48/h1-33H. The van der Waals surface area contributed by atoms with Gasteiger partial charge in [0.05, 0.1) is 16.8 Å². The molecule has 50 heavy (non-hydrogen) atoms. The van der Waals surface area contributed by atoms with E-state index in [1.165, 1.54) is 27.8 Å². The fourth-order valence-electron chi connectivity index (χ4n) is 7.17. The first kappa shape index (κ1) is 29.5. The van der Waals surface area contributed by atoms with Crippen LogP contribution < -0.4 is 4.90 Å². The summed E-state index contributed by atoms with van der Waals surface area (Å²) < 4.78 is 6.74. The molecule has 0 spiro atoms. The first-order chi connectivity index (χ1) is 24.8. The molecule has 0 fully saturated rings. The molecule has 0 amide bonds. The summed E-state index contributed by atoms with van der Waals surface area (Å²) in [6.07, 6.45) is 0. The van der Waals surface area contributed by atoms with Crippen LogP contribution in [0.3, 0.4) is 0 Å². The maximum absolute atomic E-state index is 6.74. The lowest BCUT2D eigenvalue weighted by atomic mass is 9.92. The number of nitrogens with zero attached hydrogens (tertiary/aromatic N) is 1. The van der Waals surface area contributed by atoms with Crippen LogP contribution in [-0.4, -0.2) is 0 Å². The predicted octanol–water partition coefficient (Wildman–Crippen LogP) is 13.7. The summed E-state index contributed by atoms with van der Waals surface area (Å²) in [7, 11) is 0. The van der Waals surface area contributed by atoms with Gasteiger partial charge in [0.2, 0.25) is 0 Å². The van der Waals surface area contributed by atoms with Crippen molar-refractivity contribution in [2.45, 2.75) is 0 Å². The SMILES string of the molecule is c1ccc(-c2ccc(N(c3ccccc3-c3ccccc3-c3ccccc3)c3ccc(-c4ccccc4)c4oc5ccccc5c34)cc2)cc1. The van der Waals surface area contributed by atoms with E-state index < -0.39 is 0 Å². The molecule has 8 aromatic carbocycles. The van der Waals surface area contributed by atoms with Crippen LogP contribution >= 0.6 is 0 Å². The molecule has 0 atom stereocenters. The van der Waals surface area contributed by atoms with Gasteiger partial charge in [-0.25, -0.2) is 0 Å². The van der Waals surface area contributed by atoms with Gasteiger partial charge in [-0.1, -0.05) is 164 Å². The maximum atomic E-state index is 6.74. The lowest BCUT2D eigenvalue weighted by molar-refractivity contribution is 0.670. The van der Waals surface area contributed by atoms with Gasteiger partial charge in [0.1, 0.15) is 11.2 Å². The molecule has 9 rings (SSSR count). The van der Waals surface area contributed by atoms with E-state index in [2.05, 4.69) is 199 Å². The van der Waals surface area contributed by atoms with E-state index >= 15 is 0 Å². The number of fused-ring (bicyclic) bond motifs is 3. The number of rotatable bonds is 7. The molecular formula is C48H33NO. The fourth-order valence-corrected chi connectivity index (χ4v) is 7.17. The lowest BCUT2D eigenvalue weighted by Gasteiger charge is -2.29. The highest BCUT2D eigenvalue weighted by molar-refractivity contribution is 6.17. The van der Waals surface area contributed by atoms with Gasteiger partial charge >= 0.3 is 0 Å². The Bertz CT molecular complexity index is 2570. The van der Waals surface area contributed by atoms with Crippen LogP contribution in [0.15, 0.2) is 205 Å². The van der Waals surface area contributed by atoms with Gasteiger partial charge in [-0.2, -0.15) is 0 Å². The fraction of sp³-hybridized carbons (Fsp3) is 0. The smallest absolute Gasteiger partial charge is 0.145 e. The number of benzene rings is 8. The van der Waals surface area contributed by atoms with E-state index in [4.69, 9.17) is 4.42 Å². The molecule has 0 aliphatic rings. The summed E-state index contributed by atoms with van der Waals surface area (Å²) in [5.74, 6) is 0. The van der Waals surface area contributed by atoms with E-state index in [0.29, 0.717) is 0 Å². The van der Waals surface area contributed by atoms with Crippen molar-refractivity contribution in [1.82, 2.24) is 0 Å². The van der Waals surface area contributed by atoms with E-state index in [1.54, 1.807) is 0 Å². The van der Waals surface area contributed by atoms with Crippen molar-refractivity contribution in [2.75, 3.05) is 4.90 Å². The molecule has 0 aliphatic carbocycles. The molecule has 2 heteroatoms. The molecule has 1 heterocycles. The van der Waals surface area contributed by atoms with Gasteiger partial charge in [-0.15, -0.1) is 0 Å². The highest BCUT2D eigenvalue weighted by Crippen LogP contribution is 2.49. The third-order valence-electron chi connectivity index (χ3n) is 9.51. The second-order valence-electron chi connectivity index (χ2n) is 12.5. The van der Waals surface area contributed by atoms with Crippen LogP contribution in [0.5, 0.6) is 0 Å². The minimum absolute atomic E-state index is 0.870. The Hall–Kier alpha value is -6.64. The monoisotopic (exact) mass is 639 g/mol. The Labute approximate surface area is 292 Å². The summed E-state index contributed by atoms with van der Waals surface area (Å²) in [6.45, 7) is 0. The molecule has 0 N–H and O–H groups in total. The van der Waals surface area contributed by atoms with Crippen molar-refractivity contribution in [3.63, 3.8) is 0 Å². The highest BCUT2D eigenvalue weighted by Gasteiger charge is 2.24. The Morgan fingerprint density at radius 1 is 0.320 bits per heavy atom. The number of para-hydroxylation sites is 2. The van der Waals surface area contributed by atoms with Crippen molar-refractivity contribution in [2.24, 2.45) is 0 Å². The zero-order valence-corrected chi connectivity index (χ0v) is 27.4. The van der Waals surface area contributed by atoms with Gasteiger partial charge in [-0.05, 0) is 69.8 Å². The van der Waals surface area contributed by atoms with Crippen LogP contribution in [0.4, 0.5) is 17.1 Å². The quantitative estimate of drug-likeness (QED) is 0.173. The summed E-state index contributed by atoms with van der Waals surface area (Å²) in [6, 6.07) is 71.0. The van der Waals surface area contributed by atoms with Gasteiger partial charge in [0, 0.05) is 22.2 Å².